The second-order valence-corrected chi connectivity index (χ2v) is 9.82. The van der Waals surface area contributed by atoms with Gasteiger partial charge in [0.15, 0.2) is 5.16 Å². The monoisotopic (exact) mass is 481 g/mol. The van der Waals surface area contributed by atoms with E-state index in [0.717, 1.165) is 10.9 Å². The molecule has 0 aliphatic carbocycles. The van der Waals surface area contributed by atoms with Crippen LogP contribution >= 0.6 is 27.7 Å². The molecule has 0 saturated heterocycles. The highest BCUT2D eigenvalue weighted by molar-refractivity contribution is 9.10. The second-order valence-electron chi connectivity index (χ2n) is 6.07. The van der Waals surface area contributed by atoms with Gasteiger partial charge in [-0.05, 0) is 36.8 Å². The maximum absolute atomic E-state index is 12.8. The number of hydrogen-bond donors (Lipinski definition) is 1. The molecule has 3 rings (SSSR count). The predicted molar refractivity (Wildman–Crippen MR) is 116 cm³/mol. The molecule has 0 amide bonds. The summed E-state index contributed by atoms with van der Waals surface area (Å²) in [7, 11) is -3.54. The third kappa shape index (κ3) is 4.83. The van der Waals surface area contributed by atoms with Gasteiger partial charge >= 0.3 is 0 Å². The van der Waals surface area contributed by atoms with Gasteiger partial charge in [0.05, 0.1) is 15.8 Å². The summed E-state index contributed by atoms with van der Waals surface area (Å²) < 4.78 is 29.6. The number of halogens is 1. The molecule has 9 heteroatoms. The molecule has 0 fully saturated rings. The molecule has 0 atom stereocenters. The summed E-state index contributed by atoms with van der Waals surface area (Å²) in [5.41, 5.74) is 0.549. The van der Waals surface area contributed by atoms with E-state index in [-0.39, 0.29) is 17.0 Å². The second kappa shape index (κ2) is 9.21. The first-order valence-corrected chi connectivity index (χ1v) is 12.1. The molecular formula is C19H20BrN3O3S2. The Morgan fingerprint density at radius 1 is 1.18 bits per heavy atom. The normalized spacial score (nSPS) is 11.8. The highest BCUT2D eigenvalue weighted by Gasteiger charge is 2.14. The minimum atomic E-state index is -3.54. The molecule has 0 aliphatic rings. The zero-order valence-corrected chi connectivity index (χ0v) is 18.5. The molecular weight excluding hydrogens is 462 g/mol. The van der Waals surface area contributed by atoms with Crippen LogP contribution in [0.3, 0.4) is 0 Å². The molecule has 0 spiro atoms. The number of thioether (sulfide) groups is 1. The fourth-order valence-electron chi connectivity index (χ4n) is 2.71. The fourth-order valence-corrected chi connectivity index (χ4v) is 5.13. The number of benzene rings is 2. The molecule has 2 aromatic carbocycles. The maximum atomic E-state index is 12.8. The quantitative estimate of drug-likeness (QED) is 0.301. The third-order valence-electron chi connectivity index (χ3n) is 4.01. The lowest BCUT2D eigenvalue weighted by Gasteiger charge is -2.13. The van der Waals surface area contributed by atoms with Crippen molar-refractivity contribution in [1.82, 2.24) is 14.3 Å². The van der Waals surface area contributed by atoms with Gasteiger partial charge < -0.3 is 0 Å². The van der Waals surface area contributed by atoms with Crippen LogP contribution in [0.15, 0.2) is 67.9 Å². The highest BCUT2D eigenvalue weighted by Crippen LogP contribution is 2.20. The topological polar surface area (TPSA) is 81.1 Å². The zero-order valence-electron chi connectivity index (χ0n) is 15.3. The summed E-state index contributed by atoms with van der Waals surface area (Å²) in [6.07, 6.45) is 0.801. The number of hydrogen-bond acceptors (Lipinski definition) is 5. The van der Waals surface area contributed by atoms with E-state index in [0.29, 0.717) is 28.4 Å². The SMILES string of the molecule is CCCn1c(SCCNS(=O)(=O)c2ccccc2)nc2ccc(Br)cc2c1=O. The Hall–Kier alpha value is -1.68. The van der Waals surface area contributed by atoms with Gasteiger partial charge in [0, 0.05) is 23.3 Å². The van der Waals surface area contributed by atoms with Crippen LogP contribution in [0.25, 0.3) is 10.9 Å². The molecule has 0 radical (unpaired) electrons. The molecule has 0 bridgehead atoms. The van der Waals surface area contributed by atoms with Crippen molar-refractivity contribution in [2.75, 3.05) is 12.3 Å². The summed E-state index contributed by atoms with van der Waals surface area (Å²) in [5, 5.41) is 1.16. The minimum absolute atomic E-state index is 0.0829. The largest absolute Gasteiger partial charge is 0.287 e. The smallest absolute Gasteiger partial charge is 0.262 e. The number of sulfonamides is 1. The van der Waals surface area contributed by atoms with Crippen molar-refractivity contribution >= 4 is 48.6 Å². The van der Waals surface area contributed by atoms with E-state index in [1.54, 1.807) is 47.0 Å². The number of rotatable bonds is 8. The van der Waals surface area contributed by atoms with Crippen LogP contribution in [-0.2, 0) is 16.6 Å². The number of nitrogens with one attached hydrogen (secondary N) is 1. The number of nitrogens with zero attached hydrogens (tertiary/aromatic N) is 2. The average Bonchev–Trinajstić information content (AvgIpc) is 2.69. The number of fused-ring (bicyclic) bond motifs is 1. The molecule has 28 heavy (non-hydrogen) atoms. The lowest BCUT2D eigenvalue weighted by atomic mass is 10.2. The molecule has 1 aromatic heterocycles. The Bertz CT molecular complexity index is 1130. The first kappa shape index (κ1) is 21.0. The third-order valence-corrected chi connectivity index (χ3v) is 6.96. The van der Waals surface area contributed by atoms with Crippen LogP contribution in [0, 0.1) is 0 Å². The summed E-state index contributed by atoms with van der Waals surface area (Å²) >= 11 is 4.76. The first-order chi connectivity index (χ1) is 13.4. The van der Waals surface area contributed by atoms with E-state index in [4.69, 9.17) is 0 Å². The standard InChI is InChI=1S/C19H20BrN3O3S2/c1-2-11-23-18(24)16-13-14(20)8-9-17(16)22-19(23)27-12-10-21-28(25,26)15-6-4-3-5-7-15/h3-9,13,21H,2,10-12H2,1H3. The first-order valence-electron chi connectivity index (χ1n) is 8.80. The molecule has 1 N–H and O–H groups in total. The predicted octanol–water partition coefficient (Wildman–Crippen LogP) is 3.64. The van der Waals surface area contributed by atoms with Crippen LogP contribution in [0.1, 0.15) is 13.3 Å². The Labute approximate surface area is 176 Å². The van der Waals surface area contributed by atoms with E-state index >= 15 is 0 Å². The van der Waals surface area contributed by atoms with Gasteiger partial charge in [-0.25, -0.2) is 18.1 Å². The van der Waals surface area contributed by atoms with Crippen molar-refractivity contribution in [3.63, 3.8) is 0 Å². The summed E-state index contributed by atoms with van der Waals surface area (Å²) in [6, 6.07) is 13.7. The van der Waals surface area contributed by atoms with E-state index in [1.165, 1.54) is 11.8 Å². The van der Waals surface area contributed by atoms with Crippen LogP contribution in [0.2, 0.25) is 0 Å². The van der Waals surface area contributed by atoms with Gasteiger partial charge in [-0.1, -0.05) is 52.8 Å². The van der Waals surface area contributed by atoms with Crippen molar-refractivity contribution in [3.8, 4) is 0 Å². The summed E-state index contributed by atoms with van der Waals surface area (Å²) in [5.74, 6) is 0.463. The molecule has 3 aromatic rings. The van der Waals surface area contributed by atoms with Gasteiger partial charge in [0.2, 0.25) is 10.0 Å². The van der Waals surface area contributed by atoms with Gasteiger partial charge in [-0.15, -0.1) is 0 Å². The Kier molecular flexibility index (Phi) is 6.92. The molecule has 148 valence electrons. The van der Waals surface area contributed by atoms with Crippen molar-refractivity contribution in [3.05, 3.63) is 63.4 Å². The minimum Gasteiger partial charge on any atom is -0.287 e. The molecule has 1 heterocycles. The van der Waals surface area contributed by atoms with Gasteiger partial charge in [-0.3, -0.25) is 9.36 Å². The van der Waals surface area contributed by atoms with Crippen molar-refractivity contribution in [2.24, 2.45) is 0 Å². The highest BCUT2D eigenvalue weighted by atomic mass is 79.9. The van der Waals surface area contributed by atoms with Crippen molar-refractivity contribution in [1.29, 1.82) is 0 Å². The fraction of sp³-hybridized carbons (Fsp3) is 0.263. The van der Waals surface area contributed by atoms with Crippen molar-refractivity contribution < 1.29 is 8.42 Å². The Morgan fingerprint density at radius 2 is 1.93 bits per heavy atom. The summed E-state index contributed by atoms with van der Waals surface area (Å²) in [4.78, 5) is 17.7. The Morgan fingerprint density at radius 3 is 2.64 bits per heavy atom. The molecule has 0 unspecified atom stereocenters. The molecule has 0 aliphatic heterocycles. The molecule has 6 nitrogen and oxygen atoms in total. The van der Waals surface area contributed by atoms with E-state index in [2.05, 4.69) is 25.6 Å². The van der Waals surface area contributed by atoms with Crippen LogP contribution in [0.5, 0.6) is 0 Å². The average molecular weight is 482 g/mol. The number of aromatic nitrogens is 2. The summed E-state index contributed by atoms with van der Waals surface area (Å²) in [6.45, 7) is 2.80. The van der Waals surface area contributed by atoms with Gasteiger partial charge in [0.25, 0.3) is 5.56 Å². The van der Waals surface area contributed by atoms with E-state index in [1.807, 2.05) is 13.0 Å². The van der Waals surface area contributed by atoms with Crippen LogP contribution in [0.4, 0.5) is 0 Å². The zero-order chi connectivity index (χ0) is 20.1. The maximum Gasteiger partial charge on any atom is 0.262 e. The van der Waals surface area contributed by atoms with E-state index < -0.39 is 10.0 Å². The van der Waals surface area contributed by atoms with Crippen molar-refractivity contribution in [2.45, 2.75) is 29.9 Å². The van der Waals surface area contributed by atoms with Gasteiger partial charge in [0.1, 0.15) is 0 Å². The van der Waals surface area contributed by atoms with Gasteiger partial charge in [-0.2, -0.15) is 0 Å². The molecule has 0 saturated carbocycles. The van der Waals surface area contributed by atoms with Crippen LogP contribution in [-0.4, -0.2) is 30.3 Å². The lowest BCUT2D eigenvalue weighted by molar-refractivity contribution is 0.582. The Balaban J connectivity index is 1.76. The lowest BCUT2D eigenvalue weighted by Crippen LogP contribution is -2.27. The van der Waals surface area contributed by atoms with Crippen LogP contribution < -0.4 is 10.3 Å². The van der Waals surface area contributed by atoms with E-state index in [9.17, 15) is 13.2 Å².